The highest BCUT2D eigenvalue weighted by Gasteiger charge is 2.40. The number of imide groups is 1. The van der Waals surface area contributed by atoms with Gasteiger partial charge in [0.1, 0.15) is 0 Å². The maximum atomic E-state index is 13.2. The van der Waals surface area contributed by atoms with Crippen LogP contribution in [0.15, 0.2) is 84.9 Å². The van der Waals surface area contributed by atoms with Gasteiger partial charge < -0.3 is 15.5 Å². The van der Waals surface area contributed by atoms with Crippen LogP contribution in [0.5, 0.6) is 0 Å². The van der Waals surface area contributed by atoms with Gasteiger partial charge in [0.25, 0.3) is 29.5 Å². The first kappa shape index (κ1) is 33.6. The lowest BCUT2D eigenvalue weighted by Gasteiger charge is -2.30. The maximum Gasteiger partial charge on any atom is 0.261 e. The van der Waals surface area contributed by atoms with Crippen molar-refractivity contribution in [2.24, 2.45) is 0 Å². The molecule has 52 heavy (non-hydrogen) atoms. The van der Waals surface area contributed by atoms with Crippen LogP contribution in [0, 0.1) is 0 Å². The molecular weight excluding hydrogens is 652 g/mol. The Labute approximate surface area is 303 Å². The summed E-state index contributed by atoms with van der Waals surface area (Å²) in [5.41, 5.74) is 6.58. The highest BCUT2D eigenvalue weighted by molar-refractivity contribution is 6.22. The molecule has 0 unspecified atom stereocenters. The number of hydrogen-bond donors (Lipinski definition) is 2. The number of benzene rings is 4. The molecule has 9 nitrogen and oxygen atoms in total. The Balaban J connectivity index is 0.849. The van der Waals surface area contributed by atoms with E-state index in [9.17, 15) is 24.0 Å². The van der Waals surface area contributed by atoms with Crippen LogP contribution >= 0.6 is 0 Å². The van der Waals surface area contributed by atoms with Crippen molar-refractivity contribution in [3.05, 3.63) is 129 Å². The summed E-state index contributed by atoms with van der Waals surface area (Å²) in [6.45, 7) is 0.571. The third kappa shape index (κ3) is 6.63. The topological polar surface area (TPSA) is 116 Å². The minimum absolute atomic E-state index is 0.0662. The largest absolute Gasteiger partial charge is 0.331 e. The summed E-state index contributed by atoms with van der Waals surface area (Å²) in [5.74, 6) is -1.04. The molecule has 5 amide bonds. The second-order valence-electron chi connectivity index (χ2n) is 14.6. The number of fused-ring (bicyclic) bond motifs is 2. The van der Waals surface area contributed by atoms with Gasteiger partial charge in [-0.15, -0.1) is 0 Å². The van der Waals surface area contributed by atoms with E-state index in [4.69, 9.17) is 0 Å². The summed E-state index contributed by atoms with van der Waals surface area (Å²) in [6.07, 6.45) is 11.2. The first-order valence-corrected chi connectivity index (χ1v) is 18.6. The van der Waals surface area contributed by atoms with Crippen LogP contribution in [0.1, 0.15) is 133 Å². The van der Waals surface area contributed by atoms with Gasteiger partial charge in [-0.25, -0.2) is 0 Å². The summed E-state index contributed by atoms with van der Waals surface area (Å²) in [5, 5.41) is 5.89. The molecule has 8 rings (SSSR count). The van der Waals surface area contributed by atoms with Crippen LogP contribution in [0.2, 0.25) is 0 Å². The number of nitrogens with zero attached hydrogens (tertiary/aromatic N) is 2. The lowest BCUT2D eigenvalue weighted by molar-refractivity contribution is 0.0547. The fourth-order valence-electron chi connectivity index (χ4n) is 8.30. The Hall–Kier alpha value is -5.57. The fourth-order valence-corrected chi connectivity index (χ4v) is 8.30. The molecule has 4 aliphatic rings. The summed E-state index contributed by atoms with van der Waals surface area (Å²) in [4.78, 5) is 68.9. The minimum atomic E-state index is -0.348. The van der Waals surface area contributed by atoms with Crippen molar-refractivity contribution < 1.29 is 24.0 Å². The summed E-state index contributed by atoms with van der Waals surface area (Å²) >= 11 is 0. The third-order valence-corrected chi connectivity index (χ3v) is 11.2. The van der Waals surface area contributed by atoms with Gasteiger partial charge in [0.2, 0.25) is 0 Å². The minimum Gasteiger partial charge on any atom is -0.331 e. The van der Waals surface area contributed by atoms with Crippen molar-refractivity contribution in [3.8, 4) is 0 Å². The lowest BCUT2D eigenvalue weighted by Crippen LogP contribution is -2.40. The molecule has 2 aliphatic heterocycles. The molecule has 0 saturated heterocycles. The van der Waals surface area contributed by atoms with Crippen LogP contribution in [-0.4, -0.2) is 51.4 Å². The highest BCUT2D eigenvalue weighted by atomic mass is 16.2. The van der Waals surface area contributed by atoms with Crippen molar-refractivity contribution in [3.63, 3.8) is 0 Å². The van der Waals surface area contributed by atoms with Gasteiger partial charge in [-0.3, -0.25) is 28.9 Å². The lowest BCUT2D eigenvalue weighted by atomic mass is 9.94. The number of hydrogen-bond acceptors (Lipinski definition) is 5. The van der Waals surface area contributed by atoms with Crippen LogP contribution in [0.4, 0.5) is 11.4 Å². The van der Waals surface area contributed by atoms with Crippen LogP contribution < -0.4 is 10.6 Å². The highest BCUT2D eigenvalue weighted by Crippen LogP contribution is 2.33. The van der Waals surface area contributed by atoms with Crippen molar-refractivity contribution in [2.75, 3.05) is 10.6 Å². The summed E-state index contributed by atoms with van der Waals surface area (Å²) in [7, 11) is 0. The van der Waals surface area contributed by atoms with Crippen molar-refractivity contribution in [2.45, 2.75) is 89.3 Å². The normalized spacial score (nSPS) is 17.7. The smallest absolute Gasteiger partial charge is 0.261 e. The van der Waals surface area contributed by atoms with Crippen LogP contribution in [0.3, 0.4) is 0 Å². The number of carbonyl (C=O) groups excluding carboxylic acids is 5. The number of nitrogens with one attached hydrogen (secondary N) is 2. The Morgan fingerprint density at radius 3 is 1.62 bits per heavy atom. The average Bonchev–Trinajstić information content (AvgIpc) is 3.64. The van der Waals surface area contributed by atoms with E-state index in [0.29, 0.717) is 58.2 Å². The SMILES string of the molecule is O=C(Nc1ccc(Cc2ccc(NC(=O)c3ccc4c(c3)C(=O)N(C3CCCCC3)C4=O)cc2)cc1)c1ccc2c(c1)CN(C1CCCCC1)C2=O. The first-order valence-electron chi connectivity index (χ1n) is 18.6. The van der Waals surface area contributed by atoms with Gasteiger partial charge in [-0.2, -0.15) is 0 Å². The molecule has 264 valence electrons. The van der Waals surface area contributed by atoms with Gasteiger partial charge in [-0.05, 0) is 109 Å². The fraction of sp³-hybridized carbons (Fsp3) is 0.326. The zero-order valence-corrected chi connectivity index (χ0v) is 29.2. The molecule has 2 fully saturated rings. The molecule has 2 heterocycles. The van der Waals surface area contributed by atoms with E-state index < -0.39 is 0 Å². The number of anilines is 2. The molecule has 0 spiro atoms. The molecule has 0 aromatic heterocycles. The second-order valence-corrected chi connectivity index (χ2v) is 14.6. The molecule has 2 N–H and O–H groups in total. The van der Waals surface area contributed by atoms with E-state index in [1.54, 1.807) is 24.3 Å². The first-order chi connectivity index (χ1) is 25.3. The van der Waals surface area contributed by atoms with Gasteiger partial charge in [0.05, 0.1) is 11.1 Å². The number of rotatable bonds is 8. The Morgan fingerprint density at radius 1 is 0.538 bits per heavy atom. The van der Waals surface area contributed by atoms with Crippen molar-refractivity contribution in [1.29, 1.82) is 0 Å². The molecule has 4 aromatic rings. The maximum absolute atomic E-state index is 13.2. The predicted molar refractivity (Wildman–Crippen MR) is 199 cm³/mol. The number of carbonyl (C=O) groups is 5. The van der Waals surface area contributed by atoms with E-state index >= 15 is 0 Å². The molecule has 4 aromatic carbocycles. The van der Waals surface area contributed by atoms with Gasteiger partial charge >= 0.3 is 0 Å². The van der Waals surface area contributed by atoms with E-state index in [1.165, 1.54) is 17.4 Å². The molecule has 9 heteroatoms. The molecule has 0 atom stereocenters. The Bertz CT molecular complexity index is 2060. The zero-order valence-electron chi connectivity index (χ0n) is 29.2. The third-order valence-electron chi connectivity index (χ3n) is 11.2. The van der Waals surface area contributed by atoms with Gasteiger partial charge in [0, 0.05) is 46.7 Å². The second kappa shape index (κ2) is 14.2. The van der Waals surface area contributed by atoms with Crippen LogP contribution in [0.25, 0.3) is 0 Å². The van der Waals surface area contributed by atoms with E-state index in [1.807, 2.05) is 59.5 Å². The molecule has 2 saturated carbocycles. The average molecular weight is 695 g/mol. The zero-order chi connectivity index (χ0) is 35.8. The van der Waals surface area contributed by atoms with Crippen LogP contribution in [-0.2, 0) is 13.0 Å². The van der Waals surface area contributed by atoms with E-state index in [2.05, 4.69) is 10.6 Å². The number of amides is 5. The van der Waals surface area contributed by atoms with Gasteiger partial charge in [0.15, 0.2) is 0 Å². The van der Waals surface area contributed by atoms with E-state index in [-0.39, 0.29) is 35.6 Å². The Morgan fingerprint density at radius 2 is 1.04 bits per heavy atom. The molecule has 0 bridgehead atoms. The Kier molecular flexibility index (Phi) is 9.18. The molecule has 2 aliphatic carbocycles. The van der Waals surface area contributed by atoms with Crippen molar-refractivity contribution in [1.82, 2.24) is 9.80 Å². The molecular formula is C43H42N4O5. The summed E-state index contributed by atoms with van der Waals surface area (Å²) < 4.78 is 0. The summed E-state index contributed by atoms with van der Waals surface area (Å²) in [6, 6.07) is 25.6. The molecule has 0 radical (unpaired) electrons. The quantitative estimate of drug-likeness (QED) is 0.181. The van der Waals surface area contributed by atoms with Crippen molar-refractivity contribution >= 4 is 40.9 Å². The predicted octanol–water partition coefficient (Wildman–Crippen LogP) is 8.00. The standard InChI is InChI=1S/C43H42N4O5/c48-39(29-15-21-36-31(24-29)26-46(41(36)50)34-7-3-1-4-8-34)44-32-17-11-27(12-18-32)23-28-13-19-33(20-14-28)45-40(49)30-16-22-37-38(25-30)43(52)47(42(37)51)35-9-5-2-6-10-35/h11-22,24-25,34-35H,1-10,23,26H2,(H,44,48)(H,45,49). The van der Waals surface area contributed by atoms with Gasteiger partial charge in [-0.1, -0.05) is 62.8 Å². The monoisotopic (exact) mass is 694 g/mol. The van der Waals surface area contributed by atoms with E-state index in [0.717, 1.165) is 74.5 Å².